The Kier molecular flexibility index (Phi) is 6.51. The van der Waals surface area contributed by atoms with Gasteiger partial charge in [0.05, 0.1) is 9.83 Å². The van der Waals surface area contributed by atoms with E-state index in [1.54, 1.807) is 18.2 Å². The summed E-state index contributed by atoms with van der Waals surface area (Å²) in [4.78, 5) is 46.5. The number of nitrogens with zero attached hydrogens (tertiary/aromatic N) is 2. The van der Waals surface area contributed by atoms with Crippen molar-refractivity contribution in [1.82, 2.24) is 4.90 Å². The number of nitro benzene ring substituents is 1. The van der Waals surface area contributed by atoms with Gasteiger partial charge in [0.1, 0.15) is 21.9 Å². The molecule has 2 N–H and O–H groups in total. The lowest BCUT2D eigenvalue weighted by Gasteiger charge is -2.22. The highest BCUT2D eigenvalue weighted by Gasteiger charge is 2.40. The van der Waals surface area contributed by atoms with Crippen LogP contribution in [-0.4, -0.2) is 48.2 Å². The maximum Gasteiger partial charge on any atom is 0.326 e. The number of aliphatic carboxylic acids is 2. The van der Waals surface area contributed by atoms with E-state index in [4.69, 9.17) is 21.7 Å². The molecule has 10 nitrogen and oxygen atoms in total. The lowest BCUT2D eigenvalue weighted by atomic mass is 10.1. The first-order valence-electron chi connectivity index (χ1n) is 8.73. The largest absolute Gasteiger partial charge is 0.481 e. The number of carboxylic acids is 2. The molecule has 0 saturated carbocycles. The zero-order valence-electron chi connectivity index (χ0n) is 15.6. The minimum atomic E-state index is -1.40. The number of benzene rings is 1. The summed E-state index contributed by atoms with van der Waals surface area (Å²) in [6, 6.07) is 7.59. The van der Waals surface area contributed by atoms with Gasteiger partial charge in [0.2, 0.25) is 0 Å². The molecule has 1 aliphatic heterocycles. The molecule has 12 heteroatoms. The second-order valence-electron chi connectivity index (χ2n) is 6.35. The van der Waals surface area contributed by atoms with Gasteiger partial charge in [0.25, 0.3) is 11.6 Å². The van der Waals surface area contributed by atoms with Crippen molar-refractivity contribution in [3.8, 4) is 11.3 Å². The summed E-state index contributed by atoms with van der Waals surface area (Å²) in [6.45, 7) is 0. The van der Waals surface area contributed by atoms with Crippen molar-refractivity contribution >= 4 is 57.9 Å². The molecule has 0 radical (unpaired) electrons. The molecule has 1 saturated heterocycles. The number of hydrogen-bond donors (Lipinski definition) is 2. The van der Waals surface area contributed by atoms with E-state index in [2.05, 4.69) is 0 Å². The Morgan fingerprint density at radius 1 is 1.29 bits per heavy atom. The smallest absolute Gasteiger partial charge is 0.326 e. The van der Waals surface area contributed by atoms with Crippen LogP contribution in [-0.2, 0) is 14.4 Å². The molecule has 2 heterocycles. The standard InChI is InChI=1S/C19H14N2O8S2/c22-16(23)7-5-13(18(25)26)20-17(24)15(31-19(20)30)9-12-4-6-14(29-12)10-2-1-3-11(8-10)21(27)28/h1-4,6,8-9,13H,5,7H2,(H,22,23)(H,25,26)/b15-9+/t13-/m0/s1. The van der Waals surface area contributed by atoms with Crippen LogP contribution in [0.1, 0.15) is 18.6 Å². The maximum atomic E-state index is 12.7. The summed E-state index contributed by atoms with van der Waals surface area (Å²) in [5.41, 5.74) is 0.374. The molecule has 1 atom stereocenters. The Balaban J connectivity index is 1.83. The highest BCUT2D eigenvalue weighted by Crippen LogP contribution is 2.36. The molecule has 1 aliphatic rings. The van der Waals surface area contributed by atoms with Crippen LogP contribution < -0.4 is 0 Å². The van der Waals surface area contributed by atoms with E-state index in [0.29, 0.717) is 11.3 Å². The first kappa shape index (κ1) is 22.2. The average molecular weight is 462 g/mol. The molecule has 0 aliphatic carbocycles. The highest BCUT2D eigenvalue weighted by molar-refractivity contribution is 8.26. The second kappa shape index (κ2) is 9.10. The normalized spacial score (nSPS) is 16.0. The second-order valence-corrected chi connectivity index (χ2v) is 8.02. The van der Waals surface area contributed by atoms with Crippen molar-refractivity contribution in [3.63, 3.8) is 0 Å². The lowest BCUT2D eigenvalue weighted by Crippen LogP contribution is -2.44. The van der Waals surface area contributed by atoms with Crippen molar-refractivity contribution in [2.75, 3.05) is 0 Å². The van der Waals surface area contributed by atoms with Crippen LogP contribution in [0, 0.1) is 10.1 Å². The Morgan fingerprint density at radius 3 is 2.68 bits per heavy atom. The molecule has 0 unspecified atom stereocenters. The van der Waals surface area contributed by atoms with Crippen LogP contribution in [0.15, 0.2) is 45.7 Å². The average Bonchev–Trinajstić information content (AvgIpc) is 3.28. The number of carboxylic acid groups (broad SMARTS) is 2. The molecule has 1 amide bonds. The summed E-state index contributed by atoms with van der Waals surface area (Å²) >= 11 is 6.01. The molecule has 2 aromatic rings. The fourth-order valence-electron chi connectivity index (χ4n) is 2.86. The molecule has 0 spiro atoms. The number of carbonyl (C=O) groups is 3. The third kappa shape index (κ3) is 4.98. The summed E-state index contributed by atoms with van der Waals surface area (Å²) < 4.78 is 5.65. The summed E-state index contributed by atoms with van der Waals surface area (Å²) in [5, 5.41) is 29.2. The number of nitro groups is 1. The van der Waals surface area contributed by atoms with Gasteiger partial charge in [-0.05, 0) is 18.6 Å². The van der Waals surface area contributed by atoms with Gasteiger partial charge in [-0.2, -0.15) is 0 Å². The predicted octanol–water partition coefficient (Wildman–Crippen LogP) is 3.37. The topological polar surface area (TPSA) is 151 Å². The number of thioether (sulfide) groups is 1. The molecule has 1 fully saturated rings. The van der Waals surface area contributed by atoms with E-state index in [-0.39, 0.29) is 27.1 Å². The third-order valence-corrected chi connectivity index (χ3v) is 5.62. The SMILES string of the molecule is O=C(O)CC[C@@H](C(=O)O)N1C(=O)/C(=C\c2ccc(-c3cccc([N+](=O)[O-])c3)o2)SC1=S. The summed E-state index contributed by atoms with van der Waals surface area (Å²) in [6.07, 6.45) is 0.663. The molecule has 160 valence electrons. The van der Waals surface area contributed by atoms with E-state index in [1.165, 1.54) is 24.3 Å². The summed E-state index contributed by atoms with van der Waals surface area (Å²) in [5.74, 6) is -2.60. The van der Waals surface area contributed by atoms with Crippen molar-refractivity contribution in [1.29, 1.82) is 0 Å². The maximum absolute atomic E-state index is 12.7. The first-order chi connectivity index (χ1) is 14.7. The quantitative estimate of drug-likeness (QED) is 0.258. The zero-order chi connectivity index (χ0) is 22.7. The van der Waals surface area contributed by atoms with Crippen LogP contribution >= 0.6 is 24.0 Å². The molecular weight excluding hydrogens is 448 g/mol. The van der Waals surface area contributed by atoms with Crippen LogP contribution in [0.4, 0.5) is 5.69 Å². The highest BCUT2D eigenvalue weighted by atomic mass is 32.2. The molecule has 1 aromatic heterocycles. The monoisotopic (exact) mass is 462 g/mol. The zero-order valence-corrected chi connectivity index (χ0v) is 17.2. The minimum absolute atomic E-state index is 0.000461. The molecule has 31 heavy (non-hydrogen) atoms. The first-order valence-corrected chi connectivity index (χ1v) is 9.96. The van der Waals surface area contributed by atoms with E-state index in [1.807, 2.05) is 0 Å². The summed E-state index contributed by atoms with van der Waals surface area (Å²) in [7, 11) is 0. The van der Waals surface area contributed by atoms with Gasteiger partial charge in [0, 0.05) is 30.2 Å². The molecule has 3 rings (SSSR count). The Labute approximate surface area is 184 Å². The van der Waals surface area contributed by atoms with Crippen LogP contribution in [0.5, 0.6) is 0 Å². The number of thiocarbonyl (C=S) groups is 1. The van der Waals surface area contributed by atoms with Gasteiger partial charge < -0.3 is 14.6 Å². The van der Waals surface area contributed by atoms with Crippen LogP contribution in [0.25, 0.3) is 17.4 Å². The van der Waals surface area contributed by atoms with Crippen molar-refractivity contribution in [2.45, 2.75) is 18.9 Å². The van der Waals surface area contributed by atoms with Crippen molar-refractivity contribution in [3.05, 3.63) is 57.2 Å². The molecule has 1 aromatic carbocycles. The van der Waals surface area contributed by atoms with Crippen LogP contribution in [0.3, 0.4) is 0 Å². The van der Waals surface area contributed by atoms with E-state index < -0.39 is 35.2 Å². The fraction of sp³-hybridized carbons (Fsp3) is 0.158. The van der Waals surface area contributed by atoms with Gasteiger partial charge in [-0.25, -0.2) is 4.79 Å². The van der Waals surface area contributed by atoms with Gasteiger partial charge in [-0.3, -0.25) is 24.6 Å². The third-order valence-electron chi connectivity index (χ3n) is 4.29. The number of furan rings is 1. The predicted molar refractivity (Wildman–Crippen MR) is 114 cm³/mol. The van der Waals surface area contributed by atoms with Crippen molar-refractivity contribution < 1.29 is 33.9 Å². The Bertz CT molecular complexity index is 1120. The lowest BCUT2D eigenvalue weighted by molar-refractivity contribution is -0.384. The van der Waals surface area contributed by atoms with E-state index in [9.17, 15) is 29.6 Å². The van der Waals surface area contributed by atoms with Crippen LogP contribution in [0.2, 0.25) is 0 Å². The number of rotatable bonds is 8. The van der Waals surface area contributed by atoms with Crippen molar-refractivity contribution in [2.24, 2.45) is 0 Å². The van der Waals surface area contributed by atoms with Gasteiger partial charge in [0.15, 0.2) is 0 Å². The van der Waals surface area contributed by atoms with E-state index >= 15 is 0 Å². The number of hydrogen-bond acceptors (Lipinski definition) is 8. The van der Waals surface area contributed by atoms with Gasteiger partial charge in [-0.15, -0.1) is 0 Å². The number of carbonyl (C=O) groups excluding carboxylic acids is 1. The Morgan fingerprint density at radius 2 is 2.03 bits per heavy atom. The van der Waals surface area contributed by atoms with Gasteiger partial charge >= 0.3 is 11.9 Å². The van der Waals surface area contributed by atoms with E-state index in [0.717, 1.165) is 16.7 Å². The molecular formula is C19H14N2O8S2. The number of amides is 1. The molecule has 0 bridgehead atoms. The fourth-order valence-corrected chi connectivity index (χ4v) is 4.20. The number of non-ortho nitro benzene ring substituents is 1. The Hall–Kier alpha value is -3.51. The van der Waals surface area contributed by atoms with Gasteiger partial charge in [-0.1, -0.05) is 36.1 Å². The minimum Gasteiger partial charge on any atom is -0.481 e.